The molecule has 0 radical (unpaired) electrons. The first-order valence-electron chi connectivity index (χ1n) is 10.3. The van der Waals surface area contributed by atoms with Crippen LogP contribution in [0.1, 0.15) is 29.7 Å². The van der Waals surface area contributed by atoms with Crippen molar-refractivity contribution in [3.8, 4) is 0 Å². The van der Waals surface area contributed by atoms with Crippen LogP contribution in [0.25, 0.3) is 10.8 Å². The zero-order chi connectivity index (χ0) is 23.8. The Morgan fingerprint density at radius 2 is 1.94 bits per heavy atom. The molecule has 0 aliphatic carbocycles. The molecule has 1 amide bonds. The van der Waals surface area contributed by atoms with E-state index in [0.717, 1.165) is 34.8 Å². The van der Waals surface area contributed by atoms with Crippen molar-refractivity contribution < 1.29 is 31.9 Å². The molecule has 1 fully saturated rings. The van der Waals surface area contributed by atoms with Crippen molar-refractivity contribution in [1.82, 2.24) is 9.88 Å². The highest BCUT2D eigenvalue weighted by Gasteiger charge is 2.42. The van der Waals surface area contributed by atoms with Crippen LogP contribution in [0.15, 0.2) is 54.9 Å². The van der Waals surface area contributed by atoms with Crippen molar-refractivity contribution >= 4 is 23.2 Å². The number of hydrogen-bond acceptors (Lipinski definition) is 4. The Morgan fingerprint density at radius 3 is 2.67 bits per heavy atom. The average Bonchev–Trinajstić information content (AvgIpc) is 3.06. The largest absolute Gasteiger partial charge is 0.439 e. The van der Waals surface area contributed by atoms with Gasteiger partial charge in [0.25, 0.3) is 0 Å². The maximum Gasteiger partial charge on any atom is 0.416 e. The predicted octanol–water partition coefficient (Wildman–Crippen LogP) is 5.33. The Morgan fingerprint density at radius 1 is 1.18 bits per heavy atom. The summed E-state index contributed by atoms with van der Waals surface area (Å²) in [5, 5.41) is 1.86. The van der Waals surface area contributed by atoms with Gasteiger partial charge in [-0.3, -0.25) is 4.98 Å². The SMILES string of the molecule is C[C@H]1[C@@H](c2cc(F)cc(C(F)(F)F)c2)OC(=O)N1CC(C=O)Cc1cncc2ccccc12. The molecular formula is C24H20F4N2O3. The van der Waals surface area contributed by atoms with Crippen LogP contribution in [0, 0.1) is 11.7 Å². The Bertz CT molecular complexity index is 1190. The molecule has 4 rings (SSSR count). The van der Waals surface area contributed by atoms with E-state index >= 15 is 0 Å². The molecule has 0 N–H and O–H groups in total. The van der Waals surface area contributed by atoms with Crippen molar-refractivity contribution in [2.75, 3.05) is 6.54 Å². The molecule has 9 heteroatoms. The molecule has 3 atom stereocenters. The summed E-state index contributed by atoms with van der Waals surface area (Å²) >= 11 is 0. The monoisotopic (exact) mass is 460 g/mol. The molecular weight excluding hydrogens is 440 g/mol. The number of carbonyl (C=O) groups excluding carboxylic acids is 2. The van der Waals surface area contributed by atoms with Gasteiger partial charge in [-0.1, -0.05) is 24.3 Å². The smallest absolute Gasteiger partial charge is 0.416 e. The van der Waals surface area contributed by atoms with E-state index in [1.807, 2.05) is 24.3 Å². The van der Waals surface area contributed by atoms with Crippen molar-refractivity contribution in [3.63, 3.8) is 0 Å². The minimum Gasteiger partial charge on any atom is -0.439 e. The van der Waals surface area contributed by atoms with Gasteiger partial charge in [-0.05, 0) is 48.1 Å². The molecule has 1 aliphatic heterocycles. The lowest BCUT2D eigenvalue weighted by molar-refractivity contribution is -0.137. The van der Waals surface area contributed by atoms with E-state index in [4.69, 9.17) is 4.74 Å². The van der Waals surface area contributed by atoms with Crippen LogP contribution in [0.3, 0.4) is 0 Å². The molecule has 0 spiro atoms. The summed E-state index contributed by atoms with van der Waals surface area (Å²) in [5.74, 6) is -1.67. The summed E-state index contributed by atoms with van der Waals surface area (Å²) in [4.78, 5) is 29.8. The topological polar surface area (TPSA) is 59.5 Å². The summed E-state index contributed by atoms with van der Waals surface area (Å²) in [7, 11) is 0. The van der Waals surface area contributed by atoms with Gasteiger partial charge in [0.2, 0.25) is 0 Å². The molecule has 1 aliphatic rings. The van der Waals surface area contributed by atoms with E-state index in [1.165, 1.54) is 4.90 Å². The summed E-state index contributed by atoms with van der Waals surface area (Å²) < 4.78 is 58.4. The molecule has 172 valence electrons. The molecule has 2 aromatic carbocycles. The Labute approximate surface area is 187 Å². The van der Waals surface area contributed by atoms with Gasteiger partial charge >= 0.3 is 12.3 Å². The fourth-order valence-corrected chi connectivity index (χ4v) is 4.16. The van der Waals surface area contributed by atoms with E-state index in [2.05, 4.69) is 4.98 Å². The summed E-state index contributed by atoms with van der Waals surface area (Å²) in [6.07, 6.45) is -2.17. The van der Waals surface area contributed by atoms with Gasteiger partial charge < -0.3 is 14.4 Å². The van der Waals surface area contributed by atoms with Gasteiger partial charge in [0.05, 0.1) is 11.6 Å². The van der Waals surface area contributed by atoms with Crippen molar-refractivity contribution in [2.45, 2.75) is 31.7 Å². The van der Waals surface area contributed by atoms with Crippen LogP contribution >= 0.6 is 0 Å². The first-order valence-corrected chi connectivity index (χ1v) is 10.3. The highest BCUT2D eigenvalue weighted by atomic mass is 19.4. The number of rotatable bonds is 6. The van der Waals surface area contributed by atoms with Crippen LogP contribution in [-0.4, -0.2) is 34.8 Å². The van der Waals surface area contributed by atoms with Crippen molar-refractivity contribution in [1.29, 1.82) is 0 Å². The standard InChI is InChI=1S/C24H20F4N2O3/c1-14-22(17-7-19(24(26,27)28)9-20(25)8-17)33-23(32)30(14)12-15(13-31)6-18-11-29-10-16-4-2-3-5-21(16)18/h2-5,7-11,13-15,22H,6,12H2,1H3/t14-,15?,22-/m0/s1. The Kier molecular flexibility index (Phi) is 6.05. The van der Waals surface area contributed by atoms with Crippen LogP contribution in [-0.2, 0) is 22.1 Å². The van der Waals surface area contributed by atoms with Crippen LogP contribution in [0.5, 0.6) is 0 Å². The van der Waals surface area contributed by atoms with E-state index < -0.39 is 41.7 Å². The van der Waals surface area contributed by atoms with Crippen molar-refractivity contribution in [3.05, 3.63) is 77.4 Å². The average molecular weight is 460 g/mol. The highest BCUT2D eigenvalue weighted by molar-refractivity contribution is 5.85. The number of pyridine rings is 1. The van der Waals surface area contributed by atoms with E-state index in [9.17, 15) is 27.2 Å². The number of aldehydes is 1. The number of aromatic nitrogens is 1. The van der Waals surface area contributed by atoms with E-state index in [0.29, 0.717) is 12.5 Å². The molecule has 5 nitrogen and oxygen atoms in total. The second-order valence-electron chi connectivity index (χ2n) is 8.09. The van der Waals surface area contributed by atoms with Crippen LogP contribution in [0.4, 0.5) is 22.4 Å². The quantitative estimate of drug-likeness (QED) is 0.369. The lowest BCUT2D eigenvalue weighted by atomic mass is 9.96. The highest BCUT2D eigenvalue weighted by Crippen LogP contribution is 2.37. The van der Waals surface area contributed by atoms with Crippen molar-refractivity contribution in [2.24, 2.45) is 5.92 Å². The number of carbonyl (C=O) groups is 2. The predicted molar refractivity (Wildman–Crippen MR) is 112 cm³/mol. The number of benzene rings is 2. The van der Waals surface area contributed by atoms with Gasteiger partial charge in [0.15, 0.2) is 0 Å². The maximum absolute atomic E-state index is 13.9. The molecule has 1 unspecified atom stereocenters. The number of fused-ring (bicyclic) bond motifs is 1. The second-order valence-corrected chi connectivity index (χ2v) is 8.09. The lowest BCUT2D eigenvalue weighted by Gasteiger charge is -2.24. The fourth-order valence-electron chi connectivity index (χ4n) is 4.16. The number of nitrogens with zero attached hydrogens (tertiary/aromatic N) is 2. The third-order valence-corrected chi connectivity index (χ3v) is 5.82. The van der Waals surface area contributed by atoms with Gasteiger partial charge in [-0.15, -0.1) is 0 Å². The summed E-state index contributed by atoms with van der Waals surface area (Å²) in [6.45, 7) is 1.60. The molecule has 33 heavy (non-hydrogen) atoms. The normalized spacial score (nSPS) is 19.5. The number of hydrogen-bond donors (Lipinski definition) is 0. The summed E-state index contributed by atoms with van der Waals surface area (Å²) in [5.41, 5.74) is -0.415. The number of cyclic esters (lactones) is 1. The van der Waals surface area contributed by atoms with Gasteiger partial charge in [-0.25, -0.2) is 9.18 Å². The zero-order valence-electron chi connectivity index (χ0n) is 17.6. The number of amides is 1. The van der Waals surface area contributed by atoms with Gasteiger partial charge in [0.1, 0.15) is 18.2 Å². The fraction of sp³-hybridized carbons (Fsp3) is 0.292. The Hall–Kier alpha value is -3.49. The Balaban J connectivity index is 1.54. The van der Waals surface area contributed by atoms with Gasteiger partial charge in [0, 0.05) is 30.2 Å². The second kappa shape index (κ2) is 8.80. The third kappa shape index (κ3) is 4.67. The lowest BCUT2D eigenvalue weighted by Crippen LogP contribution is -2.37. The van der Waals surface area contributed by atoms with E-state index in [-0.39, 0.29) is 12.1 Å². The minimum atomic E-state index is -4.74. The molecule has 1 aromatic heterocycles. The summed E-state index contributed by atoms with van der Waals surface area (Å²) in [6, 6.07) is 8.97. The first-order chi connectivity index (χ1) is 15.7. The molecule has 0 saturated carbocycles. The third-order valence-electron chi connectivity index (χ3n) is 5.82. The molecule has 0 bridgehead atoms. The number of alkyl halides is 3. The zero-order valence-corrected chi connectivity index (χ0v) is 17.6. The molecule has 1 saturated heterocycles. The first kappa shape index (κ1) is 22.7. The number of halogens is 4. The maximum atomic E-state index is 13.9. The van der Waals surface area contributed by atoms with Crippen LogP contribution in [0.2, 0.25) is 0 Å². The molecule has 3 aromatic rings. The molecule has 2 heterocycles. The number of ether oxygens (including phenoxy) is 1. The minimum absolute atomic E-state index is 0.00463. The van der Waals surface area contributed by atoms with Crippen LogP contribution < -0.4 is 0 Å². The van der Waals surface area contributed by atoms with Gasteiger partial charge in [-0.2, -0.15) is 13.2 Å². The van der Waals surface area contributed by atoms with E-state index in [1.54, 1.807) is 19.3 Å².